The molecule has 3 rings (SSSR count). The number of carbonyl (C=O) groups is 1. The van der Waals surface area contributed by atoms with Gasteiger partial charge in [0.25, 0.3) is 0 Å². The van der Waals surface area contributed by atoms with Crippen LogP contribution in [0.1, 0.15) is 11.3 Å². The zero-order valence-electron chi connectivity index (χ0n) is 10.6. The van der Waals surface area contributed by atoms with E-state index in [0.717, 1.165) is 16.5 Å². The molecule has 0 atom stereocenters. The van der Waals surface area contributed by atoms with Gasteiger partial charge in [0.1, 0.15) is 11.3 Å². The summed E-state index contributed by atoms with van der Waals surface area (Å²) >= 11 is 0. The number of hydrogen-bond donors (Lipinski definition) is 1. The number of rotatable bonds is 3. The summed E-state index contributed by atoms with van der Waals surface area (Å²) in [6.07, 6.45) is 1.17. The summed E-state index contributed by atoms with van der Waals surface area (Å²) < 4.78 is 5.75. The maximum atomic E-state index is 11.1. The van der Waals surface area contributed by atoms with Crippen molar-refractivity contribution in [3.05, 3.63) is 78.1 Å². The molecule has 0 spiro atoms. The van der Waals surface area contributed by atoms with E-state index in [1.165, 1.54) is 6.08 Å². The molecule has 0 amide bonds. The second kappa shape index (κ2) is 5.05. The van der Waals surface area contributed by atoms with Crippen molar-refractivity contribution >= 4 is 22.5 Å². The van der Waals surface area contributed by atoms with Crippen molar-refractivity contribution in [1.82, 2.24) is 0 Å². The normalized spacial score (nSPS) is 11.7. The van der Waals surface area contributed by atoms with Crippen LogP contribution >= 0.6 is 0 Å². The van der Waals surface area contributed by atoms with Crippen LogP contribution in [0.15, 0.2) is 71.2 Å². The first-order valence-electron chi connectivity index (χ1n) is 6.23. The molecular weight excluding hydrogens is 252 g/mol. The van der Waals surface area contributed by atoms with Crippen LogP contribution in [0, 0.1) is 0 Å². The summed E-state index contributed by atoms with van der Waals surface area (Å²) in [5, 5.41) is 10.0. The summed E-state index contributed by atoms with van der Waals surface area (Å²) in [6, 6.07) is 18.8. The largest absolute Gasteiger partial charge is 0.478 e. The van der Waals surface area contributed by atoms with E-state index in [-0.39, 0.29) is 0 Å². The average Bonchev–Trinajstić information content (AvgIpc) is 2.89. The van der Waals surface area contributed by atoms with E-state index in [1.807, 2.05) is 60.7 Å². The molecule has 0 saturated heterocycles. The van der Waals surface area contributed by atoms with Crippen LogP contribution in [0.2, 0.25) is 0 Å². The number of benzene rings is 2. The third-order valence-electron chi connectivity index (χ3n) is 3.04. The van der Waals surface area contributed by atoms with Crippen LogP contribution < -0.4 is 0 Å². The Bertz CT molecular complexity index is 749. The Hall–Kier alpha value is -2.81. The molecule has 0 aliphatic carbocycles. The van der Waals surface area contributed by atoms with E-state index in [9.17, 15) is 4.79 Å². The number of hydrogen-bond acceptors (Lipinski definition) is 2. The predicted octanol–water partition coefficient (Wildman–Crippen LogP) is 3.95. The Morgan fingerprint density at radius 1 is 1.00 bits per heavy atom. The molecule has 0 aliphatic heterocycles. The zero-order chi connectivity index (χ0) is 13.9. The number of aliphatic carboxylic acids is 1. The van der Waals surface area contributed by atoms with Gasteiger partial charge < -0.3 is 9.52 Å². The highest BCUT2D eigenvalue weighted by Crippen LogP contribution is 2.29. The second-order valence-corrected chi connectivity index (χ2v) is 4.41. The fourth-order valence-corrected chi connectivity index (χ4v) is 2.15. The van der Waals surface area contributed by atoms with Crippen molar-refractivity contribution in [3.63, 3.8) is 0 Å². The van der Waals surface area contributed by atoms with Crippen molar-refractivity contribution in [2.45, 2.75) is 0 Å². The number of carboxylic acid groups (broad SMARTS) is 1. The van der Waals surface area contributed by atoms with Crippen LogP contribution in [0.3, 0.4) is 0 Å². The van der Waals surface area contributed by atoms with Crippen molar-refractivity contribution < 1.29 is 14.3 Å². The summed E-state index contributed by atoms with van der Waals surface area (Å²) in [4.78, 5) is 11.1. The van der Waals surface area contributed by atoms with Gasteiger partial charge in [0.15, 0.2) is 0 Å². The molecule has 20 heavy (non-hydrogen) atoms. The molecule has 1 aromatic heterocycles. The molecule has 3 aromatic rings. The Kier molecular flexibility index (Phi) is 3.09. The molecule has 3 heteroatoms. The Labute approximate surface area is 115 Å². The van der Waals surface area contributed by atoms with E-state index in [2.05, 4.69) is 0 Å². The summed E-state index contributed by atoms with van der Waals surface area (Å²) in [5.41, 5.74) is 2.12. The van der Waals surface area contributed by atoms with Crippen LogP contribution in [0.4, 0.5) is 0 Å². The van der Waals surface area contributed by atoms with Gasteiger partial charge >= 0.3 is 5.97 Å². The fraction of sp³-hybridized carbons (Fsp3) is 0. The lowest BCUT2D eigenvalue weighted by atomic mass is 10.0. The van der Waals surface area contributed by atoms with Gasteiger partial charge in [-0.3, -0.25) is 0 Å². The van der Waals surface area contributed by atoms with Gasteiger partial charge in [-0.25, -0.2) is 4.79 Å². The van der Waals surface area contributed by atoms with E-state index in [4.69, 9.17) is 9.52 Å². The molecule has 0 unspecified atom stereocenters. The van der Waals surface area contributed by atoms with Gasteiger partial charge in [-0.2, -0.15) is 0 Å². The monoisotopic (exact) mass is 264 g/mol. The quantitative estimate of drug-likeness (QED) is 0.729. The van der Waals surface area contributed by atoms with Gasteiger partial charge in [0.05, 0.1) is 0 Å². The number of para-hydroxylation sites is 1. The lowest BCUT2D eigenvalue weighted by molar-refractivity contribution is -0.131. The minimum absolute atomic E-state index is 0.555. The molecule has 0 aliphatic rings. The Morgan fingerprint density at radius 3 is 2.40 bits per heavy atom. The van der Waals surface area contributed by atoms with E-state index >= 15 is 0 Å². The van der Waals surface area contributed by atoms with Crippen molar-refractivity contribution in [2.24, 2.45) is 0 Å². The average molecular weight is 264 g/mol. The van der Waals surface area contributed by atoms with Gasteiger partial charge in [0, 0.05) is 17.0 Å². The molecule has 0 fully saturated rings. The van der Waals surface area contributed by atoms with Crippen molar-refractivity contribution in [1.29, 1.82) is 0 Å². The fourth-order valence-electron chi connectivity index (χ4n) is 2.15. The third-order valence-corrected chi connectivity index (χ3v) is 3.04. The van der Waals surface area contributed by atoms with Crippen molar-refractivity contribution in [2.75, 3.05) is 0 Å². The maximum Gasteiger partial charge on any atom is 0.329 e. The minimum Gasteiger partial charge on any atom is -0.478 e. The predicted molar refractivity (Wildman–Crippen MR) is 77.4 cm³/mol. The van der Waals surface area contributed by atoms with Crippen LogP contribution in [-0.2, 0) is 4.79 Å². The molecule has 1 heterocycles. The van der Waals surface area contributed by atoms with E-state index < -0.39 is 5.97 Å². The SMILES string of the molecule is O=C(O)/C=C(\c1ccccc1)c1cc2ccccc2o1. The molecule has 0 radical (unpaired) electrons. The van der Waals surface area contributed by atoms with E-state index in [0.29, 0.717) is 11.3 Å². The first-order chi connectivity index (χ1) is 9.74. The molecule has 0 saturated carbocycles. The highest BCUT2D eigenvalue weighted by atomic mass is 16.4. The molecule has 3 nitrogen and oxygen atoms in total. The highest BCUT2D eigenvalue weighted by Gasteiger charge is 2.12. The van der Waals surface area contributed by atoms with Crippen LogP contribution in [0.25, 0.3) is 16.5 Å². The maximum absolute atomic E-state index is 11.1. The van der Waals surface area contributed by atoms with Gasteiger partial charge in [-0.05, 0) is 17.7 Å². The summed E-state index contributed by atoms with van der Waals surface area (Å²) in [6.45, 7) is 0. The second-order valence-electron chi connectivity index (χ2n) is 4.41. The third kappa shape index (κ3) is 2.34. The standard InChI is InChI=1S/C17H12O3/c18-17(19)11-14(12-6-2-1-3-7-12)16-10-13-8-4-5-9-15(13)20-16/h1-11H,(H,18,19)/b14-11+. The van der Waals surface area contributed by atoms with Crippen LogP contribution in [0.5, 0.6) is 0 Å². The van der Waals surface area contributed by atoms with Gasteiger partial charge in [-0.1, -0.05) is 48.5 Å². The zero-order valence-corrected chi connectivity index (χ0v) is 10.6. The number of furan rings is 1. The van der Waals surface area contributed by atoms with Gasteiger partial charge in [-0.15, -0.1) is 0 Å². The number of fused-ring (bicyclic) bond motifs is 1. The summed E-state index contributed by atoms with van der Waals surface area (Å²) in [5.74, 6) is -0.441. The molecule has 98 valence electrons. The number of carboxylic acids is 1. The highest BCUT2D eigenvalue weighted by molar-refractivity contribution is 5.96. The lowest BCUT2D eigenvalue weighted by Crippen LogP contribution is -1.93. The summed E-state index contributed by atoms with van der Waals surface area (Å²) in [7, 11) is 0. The van der Waals surface area contributed by atoms with Crippen LogP contribution in [-0.4, -0.2) is 11.1 Å². The smallest absolute Gasteiger partial charge is 0.329 e. The van der Waals surface area contributed by atoms with Gasteiger partial charge in [0.2, 0.25) is 0 Å². The lowest BCUT2D eigenvalue weighted by Gasteiger charge is -2.03. The van der Waals surface area contributed by atoms with E-state index in [1.54, 1.807) is 0 Å². The Morgan fingerprint density at radius 2 is 1.70 bits per heavy atom. The molecule has 1 N–H and O–H groups in total. The topological polar surface area (TPSA) is 50.4 Å². The molecule has 0 bridgehead atoms. The molecular formula is C17H12O3. The first kappa shape index (κ1) is 12.2. The minimum atomic E-state index is -0.996. The molecule has 2 aromatic carbocycles. The first-order valence-corrected chi connectivity index (χ1v) is 6.23. The Balaban J connectivity index is 2.17. The van der Waals surface area contributed by atoms with Crippen molar-refractivity contribution in [3.8, 4) is 0 Å².